The first-order valence-electron chi connectivity index (χ1n) is 6.24. The highest BCUT2D eigenvalue weighted by Crippen LogP contribution is 2.40. The fourth-order valence-corrected chi connectivity index (χ4v) is 2.87. The highest BCUT2D eigenvalue weighted by atomic mass is 14.7. The molecule has 0 radical (unpaired) electrons. The maximum absolute atomic E-state index is 6.42. The van der Waals surface area contributed by atoms with E-state index in [9.17, 15) is 0 Å². The second-order valence-electron chi connectivity index (χ2n) is 4.78. The van der Waals surface area contributed by atoms with E-state index in [1.54, 1.807) is 0 Å². The van der Waals surface area contributed by atoms with Crippen molar-refractivity contribution in [3.8, 4) is 0 Å². The number of benzene rings is 2. The maximum Gasteiger partial charge on any atom is 0.0364 e. The Morgan fingerprint density at radius 2 is 1.65 bits per heavy atom. The Morgan fingerprint density at radius 3 is 2.47 bits per heavy atom. The first-order valence-corrected chi connectivity index (χ1v) is 6.24. The summed E-state index contributed by atoms with van der Waals surface area (Å²) in [6.07, 6.45) is 2.34. The normalized spacial score (nSPS) is 19.9. The van der Waals surface area contributed by atoms with Crippen LogP contribution >= 0.6 is 0 Å². The highest BCUT2D eigenvalue weighted by molar-refractivity contribution is 5.38. The average molecular weight is 223 g/mol. The monoisotopic (exact) mass is 223 g/mol. The van der Waals surface area contributed by atoms with Crippen LogP contribution in [0.1, 0.15) is 35.1 Å². The van der Waals surface area contributed by atoms with Crippen LogP contribution in [0.3, 0.4) is 0 Å². The molecule has 0 bridgehead atoms. The first-order chi connectivity index (χ1) is 8.36. The van der Waals surface area contributed by atoms with Gasteiger partial charge >= 0.3 is 0 Å². The average Bonchev–Trinajstić information content (AvgIpc) is 2.83. The quantitative estimate of drug-likeness (QED) is 0.829. The summed E-state index contributed by atoms with van der Waals surface area (Å²) in [7, 11) is 0. The van der Waals surface area contributed by atoms with Crippen LogP contribution in [0.25, 0.3) is 0 Å². The van der Waals surface area contributed by atoms with E-state index in [1.807, 2.05) is 6.07 Å². The van der Waals surface area contributed by atoms with Crippen LogP contribution in [0.5, 0.6) is 0 Å². The molecule has 0 heterocycles. The molecule has 17 heavy (non-hydrogen) atoms. The molecule has 86 valence electrons. The zero-order valence-corrected chi connectivity index (χ0v) is 9.84. The van der Waals surface area contributed by atoms with Crippen LogP contribution in [-0.4, -0.2) is 0 Å². The van der Waals surface area contributed by atoms with Crippen molar-refractivity contribution >= 4 is 0 Å². The minimum Gasteiger partial charge on any atom is -0.323 e. The van der Waals surface area contributed by atoms with E-state index in [0.717, 1.165) is 0 Å². The van der Waals surface area contributed by atoms with Gasteiger partial charge in [0.25, 0.3) is 0 Å². The van der Waals surface area contributed by atoms with E-state index < -0.39 is 0 Å². The number of rotatable bonds is 2. The van der Waals surface area contributed by atoms with Crippen molar-refractivity contribution in [3.05, 3.63) is 71.3 Å². The fourth-order valence-electron chi connectivity index (χ4n) is 2.87. The van der Waals surface area contributed by atoms with Gasteiger partial charge < -0.3 is 5.73 Å². The number of fused-ring (bicyclic) bond motifs is 1. The maximum atomic E-state index is 6.42. The predicted octanol–water partition coefficient (Wildman–Crippen LogP) is 3.42. The third-order valence-corrected chi connectivity index (χ3v) is 3.80. The Hall–Kier alpha value is -1.60. The van der Waals surface area contributed by atoms with E-state index in [0.29, 0.717) is 5.92 Å². The molecule has 0 saturated carbocycles. The molecule has 0 spiro atoms. The van der Waals surface area contributed by atoms with Gasteiger partial charge in [-0.15, -0.1) is 0 Å². The third kappa shape index (κ3) is 1.87. The summed E-state index contributed by atoms with van der Waals surface area (Å²) in [6.45, 7) is 0. The predicted molar refractivity (Wildman–Crippen MR) is 70.9 cm³/mol. The lowest BCUT2D eigenvalue weighted by Crippen LogP contribution is -2.18. The van der Waals surface area contributed by atoms with Crippen molar-refractivity contribution in [2.24, 2.45) is 5.73 Å². The molecule has 3 rings (SSSR count). The summed E-state index contributed by atoms with van der Waals surface area (Å²) in [4.78, 5) is 0. The van der Waals surface area contributed by atoms with Crippen molar-refractivity contribution < 1.29 is 0 Å². The van der Waals surface area contributed by atoms with Gasteiger partial charge in [-0.3, -0.25) is 0 Å². The molecule has 0 fully saturated rings. The number of hydrogen-bond donors (Lipinski definition) is 1. The fraction of sp³-hybridized carbons (Fsp3) is 0.250. The summed E-state index contributed by atoms with van der Waals surface area (Å²) >= 11 is 0. The van der Waals surface area contributed by atoms with Gasteiger partial charge in [0, 0.05) is 12.0 Å². The van der Waals surface area contributed by atoms with Gasteiger partial charge in [0.1, 0.15) is 0 Å². The molecule has 1 heteroatoms. The summed E-state index contributed by atoms with van der Waals surface area (Å²) in [5.41, 5.74) is 10.6. The molecule has 1 nitrogen and oxygen atoms in total. The standard InChI is InChI=1S/C16H17N/c17-16(13-7-2-1-3-8-13)15-11-10-12-6-4-5-9-14(12)15/h1-9,15-16H,10-11,17H2. The van der Waals surface area contributed by atoms with Gasteiger partial charge in [0.05, 0.1) is 0 Å². The Labute approximate surface area is 102 Å². The van der Waals surface area contributed by atoms with Crippen molar-refractivity contribution in [3.63, 3.8) is 0 Å². The number of hydrogen-bond acceptors (Lipinski definition) is 1. The van der Waals surface area contributed by atoms with Crippen LogP contribution in [0.4, 0.5) is 0 Å². The van der Waals surface area contributed by atoms with Crippen molar-refractivity contribution in [2.45, 2.75) is 24.8 Å². The molecular weight excluding hydrogens is 206 g/mol. The van der Waals surface area contributed by atoms with E-state index in [2.05, 4.69) is 48.5 Å². The largest absolute Gasteiger partial charge is 0.323 e. The molecule has 2 aromatic carbocycles. The molecule has 2 unspecified atom stereocenters. The van der Waals surface area contributed by atoms with Crippen molar-refractivity contribution in [1.82, 2.24) is 0 Å². The lowest BCUT2D eigenvalue weighted by molar-refractivity contribution is 0.551. The van der Waals surface area contributed by atoms with Crippen LogP contribution in [0, 0.1) is 0 Å². The molecule has 1 aliphatic rings. The molecule has 2 aromatic rings. The molecule has 0 saturated heterocycles. The molecule has 0 aromatic heterocycles. The summed E-state index contributed by atoms with van der Waals surface area (Å²) in [5.74, 6) is 0.480. The first kappa shape index (κ1) is 10.5. The Kier molecular flexibility index (Phi) is 2.69. The Morgan fingerprint density at radius 1 is 0.941 bits per heavy atom. The second kappa shape index (κ2) is 4.34. The number of nitrogens with two attached hydrogens (primary N) is 1. The third-order valence-electron chi connectivity index (χ3n) is 3.80. The SMILES string of the molecule is NC(c1ccccc1)C1CCc2ccccc21. The zero-order valence-electron chi connectivity index (χ0n) is 9.84. The minimum atomic E-state index is 0.125. The van der Waals surface area contributed by atoms with Crippen molar-refractivity contribution in [2.75, 3.05) is 0 Å². The zero-order chi connectivity index (χ0) is 11.7. The van der Waals surface area contributed by atoms with E-state index in [-0.39, 0.29) is 6.04 Å². The van der Waals surface area contributed by atoms with Crippen LogP contribution in [-0.2, 0) is 6.42 Å². The number of aryl methyl sites for hydroxylation is 1. The lowest BCUT2D eigenvalue weighted by atomic mass is 9.89. The minimum absolute atomic E-state index is 0.125. The molecule has 2 N–H and O–H groups in total. The second-order valence-corrected chi connectivity index (χ2v) is 4.78. The van der Waals surface area contributed by atoms with Gasteiger partial charge in [0.2, 0.25) is 0 Å². The van der Waals surface area contributed by atoms with Gasteiger partial charge in [-0.25, -0.2) is 0 Å². The van der Waals surface area contributed by atoms with Gasteiger partial charge in [-0.05, 0) is 29.5 Å². The molecule has 0 aliphatic heterocycles. The Bertz CT molecular complexity index is 504. The van der Waals surface area contributed by atoms with E-state index in [4.69, 9.17) is 5.73 Å². The van der Waals surface area contributed by atoms with Crippen LogP contribution in [0.2, 0.25) is 0 Å². The molecule has 2 atom stereocenters. The van der Waals surface area contributed by atoms with Gasteiger partial charge in [-0.2, -0.15) is 0 Å². The van der Waals surface area contributed by atoms with E-state index in [1.165, 1.54) is 29.5 Å². The molecule has 1 aliphatic carbocycles. The van der Waals surface area contributed by atoms with Gasteiger partial charge in [-0.1, -0.05) is 54.6 Å². The van der Waals surface area contributed by atoms with Crippen molar-refractivity contribution in [1.29, 1.82) is 0 Å². The van der Waals surface area contributed by atoms with Gasteiger partial charge in [0.15, 0.2) is 0 Å². The van der Waals surface area contributed by atoms with Crippen LogP contribution in [0.15, 0.2) is 54.6 Å². The molecule has 0 amide bonds. The molecular formula is C16H17N. The summed E-state index contributed by atoms with van der Waals surface area (Å²) < 4.78 is 0. The van der Waals surface area contributed by atoms with E-state index >= 15 is 0 Å². The summed E-state index contributed by atoms with van der Waals surface area (Å²) in [6, 6.07) is 19.3. The topological polar surface area (TPSA) is 26.0 Å². The highest BCUT2D eigenvalue weighted by Gasteiger charge is 2.27. The lowest BCUT2D eigenvalue weighted by Gasteiger charge is -2.20. The van der Waals surface area contributed by atoms with Crippen LogP contribution < -0.4 is 5.73 Å². The Balaban J connectivity index is 1.92. The smallest absolute Gasteiger partial charge is 0.0364 e. The summed E-state index contributed by atoms with van der Waals surface area (Å²) in [5, 5.41) is 0.